The van der Waals surface area contributed by atoms with Crippen LogP contribution in [0.3, 0.4) is 0 Å². The summed E-state index contributed by atoms with van der Waals surface area (Å²) in [5.41, 5.74) is 4.45. The van der Waals surface area contributed by atoms with Crippen LogP contribution in [0.15, 0.2) is 84.9 Å². The highest BCUT2D eigenvalue weighted by atomic mass is 79.9. The molecule has 0 unspecified atom stereocenters. The predicted molar refractivity (Wildman–Crippen MR) is 189 cm³/mol. The molecule has 6 aromatic carbocycles. The molecule has 0 bridgehead atoms. The van der Waals surface area contributed by atoms with E-state index in [0.29, 0.717) is 55.0 Å². The van der Waals surface area contributed by atoms with E-state index in [9.17, 15) is 26.3 Å². The molecule has 0 N–H and O–H groups in total. The van der Waals surface area contributed by atoms with Crippen LogP contribution < -0.4 is 0 Å². The van der Waals surface area contributed by atoms with Gasteiger partial charge in [-0.25, -0.2) is 26.3 Å². The van der Waals surface area contributed by atoms with Gasteiger partial charge in [0.05, 0.1) is 13.2 Å². The number of fused-ring (bicyclic) bond motifs is 7. The third-order valence-corrected chi connectivity index (χ3v) is 9.68. The molecule has 10 heteroatoms. The van der Waals surface area contributed by atoms with E-state index in [0.717, 1.165) is 68.1 Å². The van der Waals surface area contributed by atoms with Gasteiger partial charge in [0.15, 0.2) is 34.9 Å². The van der Waals surface area contributed by atoms with Crippen molar-refractivity contribution >= 4 is 38.5 Å². The van der Waals surface area contributed by atoms with Crippen LogP contribution in [0, 0.1) is 34.9 Å². The van der Waals surface area contributed by atoms with Gasteiger partial charge in [0.1, 0.15) is 26.2 Å². The Morgan fingerprint density at radius 1 is 0.540 bits per heavy atom. The maximum Gasteiger partial charge on any atom is 0.194 e. The third-order valence-electron chi connectivity index (χ3n) is 9.68. The molecule has 0 atom stereocenters. The summed E-state index contributed by atoms with van der Waals surface area (Å²) in [7, 11) is 3.19. The van der Waals surface area contributed by atoms with Gasteiger partial charge in [-0.05, 0) is 80.2 Å². The molecule has 258 valence electrons. The van der Waals surface area contributed by atoms with Gasteiger partial charge in [-0.15, -0.1) is 17.0 Å². The molecule has 0 spiro atoms. The minimum absolute atomic E-state index is 0. The van der Waals surface area contributed by atoms with Crippen LogP contribution in [0.25, 0.3) is 54.9 Å². The Labute approximate surface area is 296 Å². The molecular weight excluding hydrogens is 720 g/mol. The lowest BCUT2D eigenvalue weighted by molar-refractivity contribution is -0.953. The van der Waals surface area contributed by atoms with E-state index >= 15 is 0 Å². The van der Waals surface area contributed by atoms with E-state index < -0.39 is 34.9 Å². The second-order valence-electron chi connectivity index (χ2n) is 12.6. The molecule has 0 saturated carbocycles. The quantitative estimate of drug-likeness (QED) is 0.0876. The number of benzene rings is 6. The fourth-order valence-corrected chi connectivity index (χ4v) is 7.34. The average Bonchev–Trinajstić information content (AvgIpc) is 3.25. The number of hydrogen-bond donors (Lipinski definition) is 0. The first kappa shape index (κ1) is 35.6. The Morgan fingerprint density at radius 3 is 1.26 bits per heavy atom. The Hall–Kier alpha value is -4.22. The molecule has 0 saturated heterocycles. The van der Waals surface area contributed by atoms with Gasteiger partial charge in [0.25, 0.3) is 0 Å². The number of nitrogens with zero attached hydrogens (tertiary/aromatic N) is 1. The Kier molecular flexibility index (Phi) is 10.1. The van der Waals surface area contributed by atoms with Crippen LogP contribution >= 0.6 is 17.0 Å². The highest BCUT2D eigenvalue weighted by molar-refractivity contribution is 8.93. The van der Waals surface area contributed by atoms with Gasteiger partial charge >= 0.3 is 0 Å². The Morgan fingerprint density at radius 2 is 0.900 bits per heavy atom. The maximum absolute atomic E-state index is 14.9. The first-order valence-electron chi connectivity index (χ1n) is 15.9. The summed E-state index contributed by atoms with van der Waals surface area (Å²) in [6.45, 7) is 2.35. The van der Waals surface area contributed by atoms with Crippen LogP contribution in [0.4, 0.5) is 26.3 Å². The summed E-state index contributed by atoms with van der Waals surface area (Å²) in [5.74, 6) is -8.34. The first-order chi connectivity index (χ1) is 23.6. The van der Waals surface area contributed by atoms with Crippen molar-refractivity contribution in [2.45, 2.75) is 13.1 Å². The van der Waals surface area contributed by atoms with E-state index in [1.807, 2.05) is 60.7 Å². The zero-order chi connectivity index (χ0) is 34.4. The lowest BCUT2D eigenvalue weighted by atomic mass is 9.82. The monoisotopic (exact) mass is 752 g/mol. The number of hydrogen-bond acceptors (Lipinski definition) is 2. The molecule has 3 nitrogen and oxygen atoms in total. The minimum Gasteiger partial charge on any atom is -0.379 e. The molecule has 50 heavy (non-hydrogen) atoms. The Balaban J connectivity index is 0.00000432. The molecule has 7 rings (SSSR count). The fraction of sp³-hybridized carbons (Fsp3) is 0.200. The minimum atomic E-state index is -1.55. The zero-order valence-electron chi connectivity index (χ0n) is 27.3. The maximum atomic E-state index is 14.9. The molecule has 6 aromatic rings. The van der Waals surface area contributed by atoms with Crippen molar-refractivity contribution in [2.24, 2.45) is 0 Å². The van der Waals surface area contributed by atoms with Crippen molar-refractivity contribution in [3.63, 3.8) is 0 Å². The van der Waals surface area contributed by atoms with Gasteiger partial charge in [-0.1, -0.05) is 48.5 Å². The molecular formula is C40H33BrF6NO2+. The highest BCUT2D eigenvalue weighted by Gasteiger charge is 2.38. The van der Waals surface area contributed by atoms with Crippen LogP contribution in [0.1, 0.15) is 11.1 Å². The Bertz CT molecular complexity index is 2050. The molecule has 0 amide bonds. The van der Waals surface area contributed by atoms with Crippen molar-refractivity contribution in [1.29, 1.82) is 0 Å². The number of halogens is 7. The lowest BCUT2D eigenvalue weighted by Gasteiger charge is -2.39. The number of rotatable bonds is 8. The number of quaternary nitrogens is 1. The molecule has 1 aliphatic heterocycles. The number of ether oxygens (including phenoxy) is 2. The summed E-state index contributed by atoms with van der Waals surface area (Å²) in [5, 5.41) is 3.24. The van der Waals surface area contributed by atoms with E-state index in [1.54, 1.807) is 14.2 Å². The zero-order valence-corrected chi connectivity index (χ0v) is 29.0. The topological polar surface area (TPSA) is 18.5 Å². The van der Waals surface area contributed by atoms with E-state index in [1.165, 1.54) is 0 Å². The van der Waals surface area contributed by atoms with Crippen molar-refractivity contribution in [1.82, 2.24) is 0 Å². The highest BCUT2D eigenvalue weighted by Crippen LogP contribution is 2.50. The van der Waals surface area contributed by atoms with Gasteiger partial charge < -0.3 is 14.0 Å². The summed E-state index contributed by atoms with van der Waals surface area (Å²) in [6, 6.07) is 23.0. The average molecular weight is 754 g/mol. The van der Waals surface area contributed by atoms with Gasteiger partial charge in [-0.2, -0.15) is 0 Å². The van der Waals surface area contributed by atoms with Crippen molar-refractivity contribution in [2.75, 3.05) is 40.5 Å². The summed E-state index contributed by atoms with van der Waals surface area (Å²) < 4.78 is 99.6. The number of methoxy groups -OCH3 is 2. The largest absolute Gasteiger partial charge is 0.379 e. The molecule has 1 heterocycles. The molecule has 0 radical (unpaired) electrons. The first-order valence-corrected chi connectivity index (χ1v) is 15.9. The van der Waals surface area contributed by atoms with E-state index in [2.05, 4.69) is 0 Å². The van der Waals surface area contributed by atoms with Crippen LogP contribution in [-0.4, -0.2) is 45.0 Å². The fourth-order valence-electron chi connectivity index (χ4n) is 7.34. The van der Waals surface area contributed by atoms with E-state index in [4.69, 9.17) is 9.47 Å². The summed E-state index contributed by atoms with van der Waals surface area (Å²) in [6.07, 6.45) is 0. The smallest absolute Gasteiger partial charge is 0.194 e. The molecule has 0 aliphatic carbocycles. The van der Waals surface area contributed by atoms with Gasteiger partial charge in [-0.3, -0.25) is 0 Å². The summed E-state index contributed by atoms with van der Waals surface area (Å²) in [4.78, 5) is 0. The summed E-state index contributed by atoms with van der Waals surface area (Å²) >= 11 is 0. The molecule has 0 fully saturated rings. The van der Waals surface area contributed by atoms with E-state index in [-0.39, 0.29) is 28.1 Å². The van der Waals surface area contributed by atoms with Crippen molar-refractivity contribution in [3.05, 3.63) is 131 Å². The van der Waals surface area contributed by atoms with Crippen LogP contribution in [-0.2, 0) is 22.6 Å². The van der Waals surface area contributed by atoms with Crippen LogP contribution in [0.2, 0.25) is 0 Å². The van der Waals surface area contributed by atoms with Crippen molar-refractivity contribution in [3.8, 4) is 33.4 Å². The SMILES string of the molecule is Br.COCC[N+]1(CCOC)Cc2c(-c3cc(F)c(F)c(F)c3)cc3ccccc3c2-c2c(c(-c3cc(F)c(F)c(F)c3)cc3ccccc23)C1. The third kappa shape index (κ3) is 6.19. The second kappa shape index (κ2) is 14.2. The molecule has 1 aliphatic rings. The standard InChI is InChI=1S/C40H32F6NO2.BrH/c1-48-13-11-47(12-14-49-2)21-31-29(25-17-33(41)39(45)34(42)18-25)15-23-7-3-5-9-27(23)37(31)38-28-10-6-4-8-24(28)16-30(32(38)22-47)26-19-35(43)40(46)36(44)20-26;/h3-10,15-20H,11-14,21-22H2,1-2H3;1H/q+1;. The van der Waals surface area contributed by atoms with Crippen molar-refractivity contribution < 1.29 is 40.3 Å². The molecule has 0 aromatic heterocycles. The second-order valence-corrected chi connectivity index (χ2v) is 12.6. The normalized spacial score (nSPS) is 13.5. The lowest BCUT2D eigenvalue weighted by Crippen LogP contribution is -2.50. The van der Waals surface area contributed by atoms with Crippen LogP contribution in [0.5, 0.6) is 0 Å². The van der Waals surface area contributed by atoms with Gasteiger partial charge in [0.2, 0.25) is 0 Å². The van der Waals surface area contributed by atoms with Gasteiger partial charge in [0, 0.05) is 36.5 Å². The predicted octanol–water partition coefficient (Wildman–Crippen LogP) is 10.5.